The number of nitrogens with one attached hydrogen (secondary N) is 2. The molecule has 0 radical (unpaired) electrons. The molecule has 2 rings (SSSR count). The standard InChI is InChI=1S/C15H17Cl2N3O2/c16-10-5-6-13(12(17)9-10)18-14(21)7-8-15(22)20-19-11-3-1-2-4-11/h5-6,9H,1-4,7-8H2,(H,18,21)(H,20,22). The maximum atomic E-state index is 11.8. The molecule has 1 aliphatic rings. The molecule has 2 N–H and O–H groups in total. The molecule has 118 valence electrons. The highest BCUT2D eigenvalue weighted by molar-refractivity contribution is 6.36. The van der Waals surface area contributed by atoms with Crippen molar-refractivity contribution in [2.24, 2.45) is 5.10 Å². The highest BCUT2D eigenvalue weighted by Crippen LogP contribution is 2.25. The molecule has 0 aromatic heterocycles. The van der Waals surface area contributed by atoms with Crippen LogP contribution in [0.15, 0.2) is 23.3 Å². The number of amides is 2. The quantitative estimate of drug-likeness (QED) is 0.800. The van der Waals surface area contributed by atoms with E-state index in [9.17, 15) is 9.59 Å². The van der Waals surface area contributed by atoms with Crippen molar-refractivity contribution in [1.29, 1.82) is 0 Å². The summed E-state index contributed by atoms with van der Waals surface area (Å²) in [6, 6.07) is 4.80. The van der Waals surface area contributed by atoms with Gasteiger partial charge in [-0.1, -0.05) is 23.2 Å². The van der Waals surface area contributed by atoms with Crippen LogP contribution in [0.2, 0.25) is 10.0 Å². The van der Waals surface area contributed by atoms with E-state index in [1.165, 1.54) is 0 Å². The number of hydrogen-bond acceptors (Lipinski definition) is 3. The molecule has 0 aliphatic heterocycles. The number of halogens is 2. The van der Waals surface area contributed by atoms with Crippen LogP contribution in [0, 0.1) is 0 Å². The van der Waals surface area contributed by atoms with Crippen molar-refractivity contribution in [3.63, 3.8) is 0 Å². The van der Waals surface area contributed by atoms with Gasteiger partial charge in [0.05, 0.1) is 10.7 Å². The number of carbonyl (C=O) groups excluding carboxylic acids is 2. The molecule has 5 nitrogen and oxygen atoms in total. The normalized spacial score (nSPS) is 13.8. The molecule has 1 saturated carbocycles. The second-order valence-corrected chi connectivity index (χ2v) is 5.94. The van der Waals surface area contributed by atoms with Crippen LogP contribution in [-0.4, -0.2) is 17.5 Å². The van der Waals surface area contributed by atoms with Gasteiger partial charge >= 0.3 is 0 Å². The minimum Gasteiger partial charge on any atom is -0.325 e. The lowest BCUT2D eigenvalue weighted by atomic mass is 10.2. The Labute approximate surface area is 139 Å². The van der Waals surface area contributed by atoms with Crippen LogP contribution in [-0.2, 0) is 9.59 Å². The molecule has 1 aliphatic carbocycles. The molecule has 0 bridgehead atoms. The van der Waals surface area contributed by atoms with E-state index in [0.29, 0.717) is 15.7 Å². The third-order valence-electron chi connectivity index (χ3n) is 3.30. The number of hydrogen-bond donors (Lipinski definition) is 2. The fourth-order valence-electron chi connectivity index (χ4n) is 2.12. The average molecular weight is 342 g/mol. The Morgan fingerprint density at radius 2 is 1.77 bits per heavy atom. The Balaban J connectivity index is 1.75. The Hall–Kier alpha value is -1.59. The van der Waals surface area contributed by atoms with Crippen molar-refractivity contribution in [3.8, 4) is 0 Å². The van der Waals surface area contributed by atoms with E-state index in [2.05, 4.69) is 15.8 Å². The van der Waals surface area contributed by atoms with Gasteiger partial charge in [0.25, 0.3) is 0 Å². The molecule has 1 aromatic carbocycles. The van der Waals surface area contributed by atoms with E-state index in [1.54, 1.807) is 18.2 Å². The van der Waals surface area contributed by atoms with Crippen molar-refractivity contribution >= 4 is 46.4 Å². The fraction of sp³-hybridized carbons (Fsp3) is 0.400. The van der Waals surface area contributed by atoms with Gasteiger partial charge in [-0.15, -0.1) is 0 Å². The van der Waals surface area contributed by atoms with Gasteiger partial charge in [0, 0.05) is 23.6 Å². The summed E-state index contributed by atoms with van der Waals surface area (Å²) in [6.45, 7) is 0. The molecular formula is C15H17Cl2N3O2. The summed E-state index contributed by atoms with van der Waals surface area (Å²) in [5, 5.41) is 7.56. The van der Waals surface area contributed by atoms with Crippen LogP contribution in [0.3, 0.4) is 0 Å². The molecule has 0 saturated heterocycles. The number of carbonyl (C=O) groups is 2. The summed E-state index contributed by atoms with van der Waals surface area (Å²) in [6.07, 6.45) is 4.27. The average Bonchev–Trinajstić information content (AvgIpc) is 2.99. The van der Waals surface area contributed by atoms with Crippen molar-refractivity contribution in [2.45, 2.75) is 38.5 Å². The lowest BCUT2D eigenvalue weighted by molar-refractivity contribution is -0.124. The summed E-state index contributed by atoms with van der Waals surface area (Å²) < 4.78 is 0. The Kier molecular flexibility index (Phi) is 6.21. The van der Waals surface area contributed by atoms with Crippen molar-refractivity contribution < 1.29 is 9.59 Å². The van der Waals surface area contributed by atoms with Crippen LogP contribution >= 0.6 is 23.2 Å². The monoisotopic (exact) mass is 341 g/mol. The highest BCUT2D eigenvalue weighted by atomic mass is 35.5. The number of rotatable bonds is 5. The lowest BCUT2D eigenvalue weighted by Crippen LogP contribution is -2.21. The van der Waals surface area contributed by atoms with E-state index < -0.39 is 0 Å². The number of anilines is 1. The molecule has 7 heteroatoms. The maximum absolute atomic E-state index is 11.8. The van der Waals surface area contributed by atoms with Gasteiger partial charge < -0.3 is 5.32 Å². The third-order valence-corrected chi connectivity index (χ3v) is 3.85. The van der Waals surface area contributed by atoms with Crippen LogP contribution in [0.1, 0.15) is 38.5 Å². The van der Waals surface area contributed by atoms with E-state index in [0.717, 1.165) is 31.4 Å². The predicted octanol–water partition coefficient (Wildman–Crippen LogP) is 3.76. The number of benzene rings is 1. The van der Waals surface area contributed by atoms with E-state index in [4.69, 9.17) is 23.2 Å². The zero-order chi connectivity index (χ0) is 15.9. The van der Waals surface area contributed by atoms with E-state index in [-0.39, 0.29) is 24.7 Å². The van der Waals surface area contributed by atoms with Gasteiger partial charge in [0.2, 0.25) is 11.8 Å². The summed E-state index contributed by atoms with van der Waals surface area (Å²) in [7, 11) is 0. The summed E-state index contributed by atoms with van der Waals surface area (Å²) in [4.78, 5) is 23.4. The molecule has 22 heavy (non-hydrogen) atoms. The molecule has 0 atom stereocenters. The number of nitrogens with zero attached hydrogens (tertiary/aromatic N) is 1. The number of hydrazone groups is 1. The lowest BCUT2D eigenvalue weighted by Gasteiger charge is -2.07. The molecular weight excluding hydrogens is 325 g/mol. The van der Waals surface area contributed by atoms with Gasteiger partial charge in [-0.25, -0.2) is 5.43 Å². The zero-order valence-electron chi connectivity index (χ0n) is 12.0. The van der Waals surface area contributed by atoms with Crippen molar-refractivity contribution in [3.05, 3.63) is 28.2 Å². The summed E-state index contributed by atoms with van der Waals surface area (Å²) in [5.41, 5.74) is 3.98. The summed E-state index contributed by atoms with van der Waals surface area (Å²) in [5.74, 6) is -0.551. The van der Waals surface area contributed by atoms with Crippen molar-refractivity contribution in [1.82, 2.24) is 5.43 Å². The van der Waals surface area contributed by atoms with Crippen LogP contribution in [0.5, 0.6) is 0 Å². The first-order valence-corrected chi connectivity index (χ1v) is 7.89. The van der Waals surface area contributed by atoms with Gasteiger partial charge in [-0.3, -0.25) is 9.59 Å². The molecule has 2 amide bonds. The molecule has 0 heterocycles. The largest absolute Gasteiger partial charge is 0.325 e. The minimum absolute atomic E-state index is 0.0651. The first-order valence-electron chi connectivity index (χ1n) is 7.14. The first-order chi connectivity index (χ1) is 10.5. The Bertz CT molecular complexity index is 594. The first kappa shape index (κ1) is 16.8. The third kappa shape index (κ3) is 5.31. The van der Waals surface area contributed by atoms with Crippen LogP contribution in [0.4, 0.5) is 5.69 Å². The van der Waals surface area contributed by atoms with Crippen LogP contribution < -0.4 is 10.7 Å². The highest BCUT2D eigenvalue weighted by Gasteiger charge is 2.11. The van der Waals surface area contributed by atoms with E-state index >= 15 is 0 Å². The summed E-state index contributed by atoms with van der Waals surface area (Å²) >= 11 is 11.7. The Morgan fingerprint density at radius 1 is 1.09 bits per heavy atom. The van der Waals surface area contributed by atoms with Gasteiger partial charge in [0.1, 0.15) is 0 Å². The molecule has 1 fully saturated rings. The fourth-order valence-corrected chi connectivity index (χ4v) is 2.58. The second-order valence-electron chi connectivity index (χ2n) is 5.09. The molecule has 0 unspecified atom stereocenters. The van der Waals surface area contributed by atoms with Crippen molar-refractivity contribution in [2.75, 3.05) is 5.32 Å². The van der Waals surface area contributed by atoms with Gasteiger partial charge in [0.15, 0.2) is 0 Å². The zero-order valence-corrected chi connectivity index (χ0v) is 13.5. The molecule has 0 spiro atoms. The predicted molar refractivity (Wildman–Crippen MR) is 88.4 cm³/mol. The maximum Gasteiger partial charge on any atom is 0.240 e. The van der Waals surface area contributed by atoms with Crippen LogP contribution in [0.25, 0.3) is 0 Å². The Morgan fingerprint density at radius 3 is 2.45 bits per heavy atom. The SMILES string of the molecule is O=C(CCC(=O)Nc1ccc(Cl)cc1Cl)NN=C1CCCC1. The minimum atomic E-state index is -0.284. The van der Waals surface area contributed by atoms with Gasteiger partial charge in [-0.05, 0) is 43.9 Å². The van der Waals surface area contributed by atoms with Gasteiger partial charge in [-0.2, -0.15) is 5.10 Å². The smallest absolute Gasteiger partial charge is 0.240 e. The topological polar surface area (TPSA) is 70.6 Å². The van der Waals surface area contributed by atoms with E-state index in [1.807, 2.05) is 0 Å². The second kappa shape index (κ2) is 8.15. The molecule has 1 aromatic rings.